The zero-order valence-electron chi connectivity index (χ0n) is 15.4. The molecular weight excluding hydrogens is 398 g/mol. The van der Waals surface area contributed by atoms with E-state index < -0.39 is 0 Å². The van der Waals surface area contributed by atoms with Gasteiger partial charge in [-0.2, -0.15) is 0 Å². The molecule has 3 rings (SSSR count). The van der Waals surface area contributed by atoms with Crippen LogP contribution in [0.2, 0.25) is 5.02 Å². The van der Waals surface area contributed by atoms with Gasteiger partial charge in [-0.05, 0) is 48.9 Å². The molecule has 28 heavy (non-hydrogen) atoms. The average Bonchev–Trinajstić information content (AvgIpc) is 3.07. The number of nitrogen functional groups attached to an aromatic ring is 1. The quantitative estimate of drug-likeness (QED) is 0.453. The first-order chi connectivity index (χ1) is 13.5. The summed E-state index contributed by atoms with van der Waals surface area (Å²) in [6, 6.07) is 14.7. The molecular formula is C19H20ClN5O2S. The fourth-order valence-corrected chi connectivity index (χ4v) is 3.36. The van der Waals surface area contributed by atoms with Crippen LogP contribution < -0.4 is 15.9 Å². The van der Waals surface area contributed by atoms with Crippen LogP contribution >= 0.6 is 23.4 Å². The number of rotatable bonds is 7. The topological polar surface area (TPSA) is 95.1 Å². The van der Waals surface area contributed by atoms with Crippen molar-refractivity contribution in [2.24, 2.45) is 0 Å². The number of aromatic nitrogens is 3. The molecule has 0 bridgehead atoms. The van der Waals surface area contributed by atoms with Crippen molar-refractivity contribution in [1.82, 2.24) is 20.2 Å². The van der Waals surface area contributed by atoms with Crippen LogP contribution in [0.4, 0.5) is 0 Å². The highest BCUT2D eigenvalue weighted by atomic mass is 35.5. The van der Waals surface area contributed by atoms with Gasteiger partial charge in [0.2, 0.25) is 11.1 Å². The average molecular weight is 418 g/mol. The van der Waals surface area contributed by atoms with Gasteiger partial charge in [0, 0.05) is 17.1 Å². The van der Waals surface area contributed by atoms with Crippen molar-refractivity contribution in [2.45, 2.75) is 23.9 Å². The van der Waals surface area contributed by atoms with Crippen LogP contribution in [0.5, 0.6) is 5.75 Å². The van der Waals surface area contributed by atoms with Gasteiger partial charge in [-0.15, -0.1) is 10.2 Å². The highest BCUT2D eigenvalue weighted by Crippen LogP contribution is 2.25. The fraction of sp³-hybridized carbons (Fsp3) is 0.211. The Hall–Kier alpha value is -2.71. The van der Waals surface area contributed by atoms with Gasteiger partial charge in [0.15, 0.2) is 5.82 Å². The smallest absolute Gasteiger partial charge is 0.233 e. The molecule has 1 heterocycles. The van der Waals surface area contributed by atoms with E-state index in [1.54, 1.807) is 26.2 Å². The Labute approximate surface area is 172 Å². The Morgan fingerprint density at radius 3 is 2.54 bits per heavy atom. The van der Waals surface area contributed by atoms with Gasteiger partial charge in [-0.25, -0.2) is 4.68 Å². The summed E-state index contributed by atoms with van der Waals surface area (Å²) in [5, 5.41) is 11.8. The number of halogens is 1. The molecule has 1 aromatic heterocycles. The number of thioether (sulfide) groups is 1. The Kier molecular flexibility index (Phi) is 6.43. The maximum atomic E-state index is 12.4. The lowest BCUT2D eigenvalue weighted by Crippen LogP contribution is -2.30. The number of carbonyl (C=O) groups excluding carboxylic acids is 1. The summed E-state index contributed by atoms with van der Waals surface area (Å²) in [7, 11) is 1.62. The molecule has 1 amide bonds. The van der Waals surface area contributed by atoms with Crippen LogP contribution in [0.15, 0.2) is 53.7 Å². The lowest BCUT2D eigenvalue weighted by atomic mass is 10.2. The van der Waals surface area contributed by atoms with Crippen molar-refractivity contribution in [3.8, 4) is 17.1 Å². The summed E-state index contributed by atoms with van der Waals surface area (Å²) in [5.74, 6) is 7.27. The Bertz CT molecular complexity index is 944. The first-order valence-corrected chi connectivity index (χ1v) is 9.77. The maximum absolute atomic E-state index is 12.4. The van der Waals surface area contributed by atoms with Crippen LogP contribution in [0.25, 0.3) is 11.4 Å². The predicted molar refractivity (Wildman–Crippen MR) is 111 cm³/mol. The number of amides is 1. The van der Waals surface area contributed by atoms with E-state index in [4.69, 9.17) is 22.2 Å². The van der Waals surface area contributed by atoms with Gasteiger partial charge in [-0.1, -0.05) is 35.5 Å². The minimum Gasteiger partial charge on any atom is -0.497 e. The van der Waals surface area contributed by atoms with E-state index >= 15 is 0 Å². The number of ether oxygens (including phenoxy) is 1. The van der Waals surface area contributed by atoms with E-state index in [0.29, 0.717) is 22.5 Å². The maximum Gasteiger partial charge on any atom is 0.233 e. The molecule has 3 N–H and O–H groups in total. The third-order valence-corrected chi connectivity index (χ3v) is 5.35. The second-order valence-corrected chi connectivity index (χ2v) is 7.75. The molecule has 0 unspecified atom stereocenters. The minimum absolute atomic E-state index is 0.114. The van der Waals surface area contributed by atoms with E-state index in [1.165, 1.54) is 16.4 Å². The molecule has 0 saturated heterocycles. The van der Waals surface area contributed by atoms with Gasteiger partial charge in [0.1, 0.15) is 5.75 Å². The number of carbonyl (C=O) groups is 1. The van der Waals surface area contributed by atoms with Gasteiger partial charge < -0.3 is 15.9 Å². The highest BCUT2D eigenvalue weighted by molar-refractivity contribution is 8.00. The second kappa shape index (κ2) is 8.99. The van der Waals surface area contributed by atoms with Gasteiger partial charge in [0.25, 0.3) is 0 Å². The third kappa shape index (κ3) is 4.76. The standard InChI is InChI=1S/C19H20ClN5O2S/c1-12(18(26)22-11-13-3-9-16(27-2)10-4-13)28-19-24-23-17(25(19)21)14-5-7-15(20)8-6-14/h3-10,12H,11,21H2,1-2H3,(H,22,26)/t12-/m1/s1. The highest BCUT2D eigenvalue weighted by Gasteiger charge is 2.19. The summed E-state index contributed by atoms with van der Waals surface area (Å²) in [6.45, 7) is 2.23. The molecule has 0 aliphatic heterocycles. The summed E-state index contributed by atoms with van der Waals surface area (Å²) in [5.41, 5.74) is 1.78. The molecule has 7 nitrogen and oxygen atoms in total. The molecule has 0 radical (unpaired) electrons. The van der Waals surface area contributed by atoms with Crippen molar-refractivity contribution >= 4 is 29.3 Å². The molecule has 0 fully saturated rings. The van der Waals surface area contributed by atoms with E-state index in [2.05, 4.69) is 15.5 Å². The van der Waals surface area contributed by atoms with Crippen LogP contribution in [0.3, 0.4) is 0 Å². The number of nitrogens with two attached hydrogens (primary N) is 1. The van der Waals surface area contributed by atoms with E-state index in [-0.39, 0.29) is 11.2 Å². The minimum atomic E-state index is -0.386. The van der Waals surface area contributed by atoms with Crippen molar-refractivity contribution in [1.29, 1.82) is 0 Å². The largest absolute Gasteiger partial charge is 0.497 e. The molecule has 3 aromatic rings. The molecule has 0 saturated carbocycles. The molecule has 0 aliphatic carbocycles. The third-order valence-electron chi connectivity index (χ3n) is 4.04. The second-order valence-electron chi connectivity index (χ2n) is 6.01. The van der Waals surface area contributed by atoms with Crippen molar-refractivity contribution in [2.75, 3.05) is 13.0 Å². The molecule has 9 heteroatoms. The SMILES string of the molecule is COc1ccc(CNC(=O)[C@@H](C)Sc2nnc(-c3ccc(Cl)cc3)n2N)cc1. The van der Waals surface area contributed by atoms with Crippen LogP contribution in [-0.2, 0) is 11.3 Å². The predicted octanol–water partition coefficient (Wildman–Crippen LogP) is 3.12. The zero-order valence-corrected chi connectivity index (χ0v) is 17.0. The summed E-state index contributed by atoms with van der Waals surface area (Å²) in [6.07, 6.45) is 0. The van der Waals surface area contributed by atoms with Gasteiger partial charge in [0.05, 0.1) is 12.4 Å². The van der Waals surface area contributed by atoms with Gasteiger partial charge in [-0.3, -0.25) is 4.79 Å². The lowest BCUT2D eigenvalue weighted by molar-refractivity contribution is -0.120. The Morgan fingerprint density at radius 2 is 1.89 bits per heavy atom. The number of methoxy groups -OCH3 is 1. The molecule has 0 spiro atoms. The normalized spacial score (nSPS) is 11.8. The van der Waals surface area contributed by atoms with Crippen LogP contribution in [-0.4, -0.2) is 33.1 Å². The summed E-state index contributed by atoms with van der Waals surface area (Å²) in [4.78, 5) is 12.4. The summed E-state index contributed by atoms with van der Waals surface area (Å²) >= 11 is 7.15. The van der Waals surface area contributed by atoms with E-state index in [0.717, 1.165) is 16.9 Å². The fourth-order valence-electron chi connectivity index (χ4n) is 2.44. The number of nitrogens with zero attached hydrogens (tertiary/aromatic N) is 3. The van der Waals surface area contributed by atoms with Crippen molar-refractivity contribution < 1.29 is 9.53 Å². The van der Waals surface area contributed by atoms with Crippen molar-refractivity contribution in [3.05, 3.63) is 59.1 Å². The number of nitrogens with one attached hydrogen (secondary N) is 1. The van der Waals surface area contributed by atoms with Gasteiger partial charge >= 0.3 is 0 Å². The Balaban J connectivity index is 1.60. The monoisotopic (exact) mass is 417 g/mol. The van der Waals surface area contributed by atoms with E-state index in [1.807, 2.05) is 36.4 Å². The van der Waals surface area contributed by atoms with E-state index in [9.17, 15) is 4.79 Å². The van der Waals surface area contributed by atoms with Crippen molar-refractivity contribution in [3.63, 3.8) is 0 Å². The molecule has 146 valence electrons. The zero-order chi connectivity index (χ0) is 20.1. The number of benzene rings is 2. The summed E-state index contributed by atoms with van der Waals surface area (Å²) < 4.78 is 6.50. The molecule has 1 atom stereocenters. The Morgan fingerprint density at radius 1 is 1.21 bits per heavy atom. The molecule has 2 aromatic carbocycles. The molecule has 0 aliphatic rings. The van der Waals surface area contributed by atoms with Crippen LogP contribution in [0.1, 0.15) is 12.5 Å². The number of hydrogen-bond donors (Lipinski definition) is 2. The first-order valence-electron chi connectivity index (χ1n) is 8.51. The number of hydrogen-bond acceptors (Lipinski definition) is 6. The van der Waals surface area contributed by atoms with Crippen LogP contribution in [0, 0.1) is 0 Å². The first kappa shape index (κ1) is 20.0. The lowest BCUT2D eigenvalue weighted by Gasteiger charge is -2.12.